The minimum Gasteiger partial charge on any atom is -0.306 e. The Morgan fingerprint density at radius 2 is 2.00 bits per heavy atom. The first-order chi connectivity index (χ1) is 9.11. The highest BCUT2D eigenvalue weighted by Gasteiger charge is 2.15. The molecule has 0 bridgehead atoms. The molecule has 1 heterocycles. The average molecular weight is 426 g/mol. The lowest BCUT2D eigenvalue weighted by atomic mass is 10.0. The number of nitrogens with one attached hydrogen (secondary N) is 1. The van der Waals surface area contributed by atoms with Gasteiger partial charge >= 0.3 is 0 Å². The van der Waals surface area contributed by atoms with Crippen LogP contribution in [0, 0.1) is 2.88 Å². The normalized spacial score (nSPS) is 12.6. The first-order valence-corrected chi connectivity index (χ1v) is 8.75. The Bertz CT molecular complexity index is 556. The van der Waals surface area contributed by atoms with Gasteiger partial charge in [0.05, 0.1) is 19.0 Å². The monoisotopic (exact) mass is 425 g/mol. The van der Waals surface area contributed by atoms with Gasteiger partial charge in [0.15, 0.2) is 0 Å². The molecule has 0 radical (unpaired) electrons. The number of hydrogen-bond donors (Lipinski definition) is 1. The van der Waals surface area contributed by atoms with Gasteiger partial charge in [-0.25, -0.2) is 0 Å². The molecule has 19 heavy (non-hydrogen) atoms. The lowest BCUT2D eigenvalue weighted by Crippen LogP contribution is -2.22. The van der Waals surface area contributed by atoms with Crippen LogP contribution in [0.5, 0.6) is 0 Å². The Morgan fingerprint density at radius 3 is 2.58 bits per heavy atom. The molecule has 1 unspecified atom stereocenters. The Hall–Kier alpha value is 0.190. The quantitative estimate of drug-likeness (QED) is 0.601. The van der Waals surface area contributed by atoms with Gasteiger partial charge in [-0.05, 0) is 70.3 Å². The molecule has 2 rings (SSSR count). The van der Waals surface area contributed by atoms with Crippen LogP contribution in [0.4, 0.5) is 0 Å². The highest BCUT2D eigenvalue weighted by molar-refractivity contribution is 14.1. The fourth-order valence-electron chi connectivity index (χ4n) is 1.88. The zero-order valence-corrected chi connectivity index (χ0v) is 14.9. The summed E-state index contributed by atoms with van der Waals surface area (Å²) in [6, 6.07) is 8.22. The van der Waals surface area contributed by atoms with Crippen molar-refractivity contribution < 1.29 is 0 Å². The van der Waals surface area contributed by atoms with Crippen LogP contribution in [0.3, 0.4) is 0 Å². The second-order valence-electron chi connectivity index (χ2n) is 4.24. The highest BCUT2D eigenvalue weighted by atomic mass is 127. The summed E-state index contributed by atoms with van der Waals surface area (Å²) in [4.78, 5) is 0. The number of thiophene rings is 1. The molecule has 1 N–H and O–H groups in total. The van der Waals surface area contributed by atoms with E-state index >= 15 is 0 Å². The molecular formula is C14H14Cl2INS. The fourth-order valence-corrected chi connectivity index (χ4v) is 3.59. The molecule has 0 amide bonds. The van der Waals surface area contributed by atoms with Crippen LogP contribution in [-0.4, -0.2) is 6.54 Å². The molecule has 1 aromatic heterocycles. The van der Waals surface area contributed by atoms with Gasteiger partial charge in [0, 0.05) is 0 Å². The first kappa shape index (κ1) is 15.6. The lowest BCUT2D eigenvalue weighted by Gasteiger charge is -2.18. The van der Waals surface area contributed by atoms with Crippen molar-refractivity contribution in [1.82, 2.24) is 5.32 Å². The Balaban J connectivity index is 2.33. The topological polar surface area (TPSA) is 12.0 Å². The molecule has 0 aliphatic heterocycles. The summed E-state index contributed by atoms with van der Waals surface area (Å²) in [5.74, 6) is 0. The van der Waals surface area contributed by atoms with Crippen LogP contribution >= 0.6 is 57.1 Å². The maximum atomic E-state index is 6.13. The smallest absolute Gasteiger partial charge is 0.0656 e. The molecule has 0 saturated heterocycles. The summed E-state index contributed by atoms with van der Waals surface area (Å²) >= 11 is 16.2. The van der Waals surface area contributed by atoms with E-state index in [1.165, 1.54) is 8.45 Å². The van der Waals surface area contributed by atoms with E-state index in [9.17, 15) is 0 Å². The van der Waals surface area contributed by atoms with Crippen LogP contribution in [0.1, 0.15) is 30.5 Å². The van der Waals surface area contributed by atoms with Crippen LogP contribution in [-0.2, 0) is 0 Å². The Labute approximate surface area is 141 Å². The molecule has 1 nitrogen and oxygen atoms in total. The number of benzene rings is 1. The average Bonchev–Trinajstić information content (AvgIpc) is 2.80. The van der Waals surface area contributed by atoms with Crippen LogP contribution in [0.25, 0.3) is 0 Å². The van der Waals surface area contributed by atoms with Crippen LogP contribution in [0.2, 0.25) is 10.0 Å². The van der Waals surface area contributed by atoms with Crippen molar-refractivity contribution in [3.8, 4) is 0 Å². The maximum absolute atomic E-state index is 6.13. The van der Waals surface area contributed by atoms with Gasteiger partial charge in [-0.15, -0.1) is 11.3 Å². The second-order valence-corrected chi connectivity index (χ2v) is 7.86. The Morgan fingerprint density at radius 1 is 1.21 bits per heavy atom. The molecule has 0 aliphatic carbocycles. The van der Waals surface area contributed by atoms with Crippen molar-refractivity contribution in [2.75, 3.05) is 6.54 Å². The maximum Gasteiger partial charge on any atom is 0.0656 e. The molecule has 1 aromatic carbocycles. The Kier molecular flexibility index (Phi) is 5.96. The molecule has 0 aliphatic rings. The predicted molar refractivity (Wildman–Crippen MR) is 93.6 cm³/mol. The fraction of sp³-hybridized carbons (Fsp3) is 0.286. The zero-order chi connectivity index (χ0) is 13.8. The molecule has 0 saturated carbocycles. The third-order valence-corrected chi connectivity index (χ3v) is 5.34. The van der Waals surface area contributed by atoms with E-state index < -0.39 is 0 Å². The lowest BCUT2D eigenvalue weighted by molar-refractivity contribution is 0.600. The van der Waals surface area contributed by atoms with Crippen molar-refractivity contribution in [2.45, 2.75) is 19.4 Å². The van der Waals surface area contributed by atoms with Gasteiger partial charge in [0.2, 0.25) is 0 Å². The summed E-state index contributed by atoms with van der Waals surface area (Å²) in [6.45, 7) is 3.13. The van der Waals surface area contributed by atoms with Gasteiger partial charge < -0.3 is 5.32 Å². The van der Waals surface area contributed by atoms with Crippen molar-refractivity contribution in [3.05, 3.63) is 53.7 Å². The summed E-state index contributed by atoms with van der Waals surface area (Å²) in [7, 11) is 0. The second kappa shape index (κ2) is 7.27. The van der Waals surface area contributed by atoms with Crippen LogP contribution < -0.4 is 5.32 Å². The third-order valence-electron chi connectivity index (χ3n) is 2.80. The summed E-state index contributed by atoms with van der Waals surface area (Å²) < 4.78 is 1.29. The summed E-state index contributed by atoms with van der Waals surface area (Å²) in [6.07, 6.45) is 1.10. The minimum atomic E-state index is 0.175. The van der Waals surface area contributed by atoms with E-state index in [1.54, 1.807) is 11.3 Å². The van der Waals surface area contributed by atoms with Crippen molar-refractivity contribution in [1.29, 1.82) is 0 Å². The zero-order valence-electron chi connectivity index (χ0n) is 10.4. The molecule has 2 aromatic rings. The third kappa shape index (κ3) is 4.08. The highest BCUT2D eigenvalue weighted by Crippen LogP contribution is 2.31. The van der Waals surface area contributed by atoms with Gasteiger partial charge in [-0.1, -0.05) is 36.2 Å². The van der Waals surface area contributed by atoms with E-state index in [2.05, 4.69) is 46.3 Å². The van der Waals surface area contributed by atoms with Crippen molar-refractivity contribution >= 4 is 57.1 Å². The van der Waals surface area contributed by atoms with E-state index in [0.29, 0.717) is 10.0 Å². The standard InChI is InChI=1S/C14H14Cl2INS/c1-2-5-18-14(10-7-13(17)19-8-10)9-3-4-11(15)12(16)6-9/h3-4,6-8,14,18H,2,5H2,1H3. The van der Waals surface area contributed by atoms with Gasteiger partial charge in [-0.3, -0.25) is 0 Å². The summed E-state index contributed by atoms with van der Waals surface area (Å²) in [5, 5.41) is 6.96. The molecule has 0 spiro atoms. The minimum absolute atomic E-state index is 0.175. The van der Waals surface area contributed by atoms with E-state index in [0.717, 1.165) is 18.5 Å². The first-order valence-electron chi connectivity index (χ1n) is 6.04. The van der Waals surface area contributed by atoms with Gasteiger partial charge in [0.25, 0.3) is 0 Å². The van der Waals surface area contributed by atoms with E-state index in [1.807, 2.05) is 18.2 Å². The molecule has 5 heteroatoms. The number of rotatable bonds is 5. The van der Waals surface area contributed by atoms with Crippen molar-refractivity contribution in [2.24, 2.45) is 0 Å². The van der Waals surface area contributed by atoms with E-state index in [-0.39, 0.29) is 6.04 Å². The van der Waals surface area contributed by atoms with Crippen LogP contribution in [0.15, 0.2) is 29.6 Å². The molecule has 102 valence electrons. The van der Waals surface area contributed by atoms with E-state index in [4.69, 9.17) is 23.2 Å². The molecule has 0 fully saturated rings. The van der Waals surface area contributed by atoms with Gasteiger partial charge in [0.1, 0.15) is 0 Å². The molecule has 1 atom stereocenters. The SMILES string of the molecule is CCCNC(c1csc(I)c1)c1ccc(Cl)c(Cl)c1. The van der Waals surface area contributed by atoms with Gasteiger partial charge in [-0.2, -0.15) is 0 Å². The largest absolute Gasteiger partial charge is 0.306 e. The number of hydrogen-bond acceptors (Lipinski definition) is 2. The predicted octanol–water partition coefficient (Wildman–Crippen LogP) is 5.75. The molecular weight excluding hydrogens is 412 g/mol. The summed E-state index contributed by atoms with van der Waals surface area (Å²) in [5.41, 5.74) is 2.43. The number of halogens is 3. The van der Waals surface area contributed by atoms with Crippen molar-refractivity contribution in [3.63, 3.8) is 0 Å².